The Kier molecular flexibility index (Phi) is 5.57. The second kappa shape index (κ2) is 8.62. The minimum absolute atomic E-state index is 0.106. The van der Waals surface area contributed by atoms with Gasteiger partial charge in [0, 0.05) is 6.54 Å². The first-order chi connectivity index (χ1) is 14.6. The van der Waals surface area contributed by atoms with Gasteiger partial charge in [0.15, 0.2) is 11.5 Å². The van der Waals surface area contributed by atoms with Gasteiger partial charge in [-0.2, -0.15) is 0 Å². The third-order valence-electron chi connectivity index (χ3n) is 5.11. The summed E-state index contributed by atoms with van der Waals surface area (Å²) in [7, 11) is 0. The van der Waals surface area contributed by atoms with Gasteiger partial charge in [0.05, 0.1) is 11.6 Å². The molecule has 0 aliphatic carbocycles. The fraction of sp³-hybridized carbons (Fsp3) is 0.0769. The van der Waals surface area contributed by atoms with Crippen LogP contribution in [0.1, 0.15) is 22.7 Å². The highest BCUT2D eigenvalue weighted by atomic mass is 16.3. The Labute approximate surface area is 175 Å². The molecule has 1 heterocycles. The number of carbonyl (C=O) groups excluding carboxylic acids is 2. The molecule has 1 atom stereocenters. The minimum Gasteiger partial charge on any atom is -0.503 e. The van der Waals surface area contributed by atoms with E-state index >= 15 is 0 Å². The Morgan fingerprint density at radius 1 is 0.867 bits per heavy atom. The zero-order valence-electron chi connectivity index (χ0n) is 16.3. The molecular formula is C26H21NO3. The normalized spacial score (nSPS) is 16.5. The van der Waals surface area contributed by atoms with Gasteiger partial charge >= 0.3 is 0 Å². The number of hydrogen-bond donors (Lipinski definition) is 1. The van der Waals surface area contributed by atoms with E-state index in [1.165, 1.54) is 6.08 Å². The number of allylic oxidation sites excluding steroid dienone is 1. The number of rotatable bonds is 6. The van der Waals surface area contributed by atoms with Crippen molar-refractivity contribution in [2.45, 2.75) is 12.6 Å². The Balaban J connectivity index is 1.70. The van der Waals surface area contributed by atoms with E-state index in [1.54, 1.807) is 11.0 Å². The van der Waals surface area contributed by atoms with Gasteiger partial charge in [0.2, 0.25) is 0 Å². The van der Waals surface area contributed by atoms with Crippen molar-refractivity contribution in [2.75, 3.05) is 0 Å². The predicted octanol–water partition coefficient (Wildman–Crippen LogP) is 4.86. The van der Waals surface area contributed by atoms with Crippen LogP contribution in [0.3, 0.4) is 0 Å². The maximum Gasteiger partial charge on any atom is 0.290 e. The van der Waals surface area contributed by atoms with E-state index in [-0.39, 0.29) is 11.4 Å². The van der Waals surface area contributed by atoms with Crippen molar-refractivity contribution >= 4 is 17.8 Å². The largest absolute Gasteiger partial charge is 0.503 e. The molecule has 0 saturated carbocycles. The highest BCUT2D eigenvalue weighted by molar-refractivity contribution is 6.14. The van der Waals surface area contributed by atoms with Crippen LogP contribution in [0.4, 0.5) is 0 Å². The van der Waals surface area contributed by atoms with Gasteiger partial charge in [0.25, 0.3) is 5.91 Å². The number of nitrogens with zero attached hydrogens (tertiary/aromatic N) is 1. The number of carbonyl (C=O) groups is 2. The molecule has 3 aromatic carbocycles. The Bertz CT molecular complexity index is 1100. The fourth-order valence-corrected chi connectivity index (χ4v) is 3.66. The second-order valence-corrected chi connectivity index (χ2v) is 7.10. The maximum absolute atomic E-state index is 13.1. The summed E-state index contributed by atoms with van der Waals surface area (Å²) >= 11 is 0. The molecule has 148 valence electrons. The molecule has 0 saturated heterocycles. The standard InChI is InChI=1S/C26H21NO3/c28-22(17-16-19-10-4-1-5-11-19)23-24(21-14-8-3-9-15-21)27(26(30)25(23)29)18-20-12-6-2-7-13-20/h1-17,24,29H,18H2/b17-16+. The predicted molar refractivity (Wildman–Crippen MR) is 116 cm³/mol. The van der Waals surface area contributed by atoms with Crippen LogP contribution in [0.2, 0.25) is 0 Å². The number of hydrogen-bond acceptors (Lipinski definition) is 3. The molecule has 4 rings (SSSR count). The summed E-state index contributed by atoms with van der Waals surface area (Å²) in [5, 5.41) is 10.6. The van der Waals surface area contributed by atoms with Crippen LogP contribution in [0.5, 0.6) is 0 Å². The number of ketones is 1. The monoisotopic (exact) mass is 395 g/mol. The van der Waals surface area contributed by atoms with E-state index in [0.29, 0.717) is 6.54 Å². The third kappa shape index (κ3) is 3.94. The first-order valence-electron chi connectivity index (χ1n) is 9.75. The average molecular weight is 395 g/mol. The maximum atomic E-state index is 13.1. The Morgan fingerprint density at radius 2 is 1.43 bits per heavy atom. The lowest BCUT2D eigenvalue weighted by Crippen LogP contribution is -2.30. The van der Waals surface area contributed by atoms with E-state index in [4.69, 9.17) is 0 Å². The summed E-state index contributed by atoms with van der Waals surface area (Å²) in [6, 6.07) is 27.6. The molecule has 0 radical (unpaired) electrons. The number of aliphatic hydroxyl groups excluding tert-OH is 1. The van der Waals surface area contributed by atoms with Crippen molar-refractivity contribution in [3.63, 3.8) is 0 Å². The quantitative estimate of drug-likeness (QED) is 0.606. The van der Waals surface area contributed by atoms with Gasteiger partial charge in [-0.3, -0.25) is 9.59 Å². The van der Waals surface area contributed by atoms with Crippen molar-refractivity contribution in [3.8, 4) is 0 Å². The highest BCUT2D eigenvalue weighted by Crippen LogP contribution is 2.38. The molecule has 0 fully saturated rings. The number of aliphatic hydroxyl groups is 1. The highest BCUT2D eigenvalue weighted by Gasteiger charge is 2.42. The van der Waals surface area contributed by atoms with E-state index in [0.717, 1.165) is 16.7 Å². The molecule has 1 unspecified atom stereocenters. The summed E-state index contributed by atoms with van der Waals surface area (Å²) in [6.45, 7) is 0.294. The third-order valence-corrected chi connectivity index (χ3v) is 5.11. The second-order valence-electron chi connectivity index (χ2n) is 7.10. The number of amides is 1. The van der Waals surface area contributed by atoms with E-state index in [1.807, 2.05) is 91.0 Å². The summed E-state index contributed by atoms with van der Waals surface area (Å²) in [4.78, 5) is 27.5. The zero-order chi connectivity index (χ0) is 20.9. The minimum atomic E-state index is -0.646. The summed E-state index contributed by atoms with van der Waals surface area (Å²) in [6.07, 6.45) is 3.10. The van der Waals surface area contributed by atoms with Crippen LogP contribution >= 0.6 is 0 Å². The summed E-state index contributed by atoms with van der Waals surface area (Å²) < 4.78 is 0. The van der Waals surface area contributed by atoms with Crippen LogP contribution in [0, 0.1) is 0 Å². The van der Waals surface area contributed by atoms with Crippen molar-refractivity contribution in [2.24, 2.45) is 0 Å². The van der Waals surface area contributed by atoms with Crippen molar-refractivity contribution in [3.05, 3.63) is 125 Å². The van der Waals surface area contributed by atoms with Gasteiger partial charge in [-0.25, -0.2) is 0 Å². The molecule has 30 heavy (non-hydrogen) atoms. The summed E-state index contributed by atoms with van der Waals surface area (Å²) in [5.74, 6) is -1.40. The Hall–Kier alpha value is -3.92. The van der Waals surface area contributed by atoms with Crippen LogP contribution in [-0.4, -0.2) is 21.7 Å². The zero-order valence-corrected chi connectivity index (χ0v) is 16.3. The van der Waals surface area contributed by atoms with Crippen LogP contribution in [-0.2, 0) is 16.1 Å². The lowest BCUT2D eigenvalue weighted by Gasteiger charge is -2.26. The van der Waals surface area contributed by atoms with Gasteiger partial charge < -0.3 is 10.0 Å². The van der Waals surface area contributed by atoms with Crippen molar-refractivity contribution in [1.29, 1.82) is 0 Å². The van der Waals surface area contributed by atoms with E-state index in [2.05, 4.69) is 0 Å². The Morgan fingerprint density at radius 3 is 2.07 bits per heavy atom. The van der Waals surface area contributed by atoms with Crippen LogP contribution in [0.15, 0.2) is 108 Å². The van der Waals surface area contributed by atoms with Gasteiger partial charge in [-0.1, -0.05) is 97.1 Å². The molecule has 1 aliphatic rings. The molecule has 3 aromatic rings. The first-order valence-corrected chi connectivity index (χ1v) is 9.75. The molecule has 0 spiro atoms. The molecule has 4 nitrogen and oxygen atoms in total. The van der Waals surface area contributed by atoms with Gasteiger partial charge in [-0.05, 0) is 22.8 Å². The molecule has 1 aliphatic heterocycles. The topological polar surface area (TPSA) is 57.6 Å². The lowest BCUT2D eigenvalue weighted by atomic mass is 9.95. The molecule has 1 amide bonds. The van der Waals surface area contributed by atoms with Crippen molar-refractivity contribution < 1.29 is 14.7 Å². The SMILES string of the molecule is O=C(/C=C/c1ccccc1)C1=C(O)C(=O)N(Cc2ccccc2)C1c1ccccc1. The van der Waals surface area contributed by atoms with Crippen LogP contribution in [0.25, 0.3) is 6.08 Å². The molecule has 4 heteroatoms. The summed E-state index contributed by atoms with van der Waals surface area (Å²) in [5.41, 5.74) is 2.68. The molecule has 0 bridgehead atoms. The molecule has 0 aromatic heterocycles. The lowest BCUT2D eigenvalue weighted by molar-refractivity contribution is -0.130. The van der Waals surface area contributed by atoms with Crippen LogP contribution < -0.4 is 0 Å². The van der Waals surface area contributed by atoms with E-state index < -0.39 is 17.7 Å². The first kappa shape index (κ1) is 19.4. The van der Waals surface area contributed by atoms with E-state index in [9.17, 15) is 14.7 Å². The molecule has 1 N–H and O–H groups in total. The van der Waals surface area contributed by atoms with Crippen molar-refractivity contribution in [1.82, 2.24) is 4.90 Å². The molecular weight excluding hydrogens is 374 g/mol. The fourth-order valence-electron chi connectivity index (χ4n) is 3.66. The average Bonchev–Trinajstić information content (AvgIpc) is 3.04. The number of benzene rings is 3. The van der Waals surface area contributed by atoms with Gasteiger partial charge in [-0.15, -0.1) is 0 Å². The van der Waals surface area contributed by atoms with Gasteiger partial charge in [0.1, 0.15) is 0 Å². The smallest absolute Gasteiger partial charge is 0.290 e.